The van der Waals surface area contributed by atoms with Crippen molar-refractivity contribution in [2.75, 3.05) is 7.05 Å². The van der Waals surface area contributed by atoms with Gasteiger partial charge in [-0.05, 0) is 46.1 Å². The Morgan fingerprint density at radius 1 is 1.26 bits per heavy atom. The van der Waals surface area contributed by atoms with Crippen LogP contribution in [0.15, 0.2) is 0 Å². The zero-order valence-electron chi connectivity index (χ0n) is 13.0. The van der Waals surface area contributed by atoms with E-state index >= 15 is 0 Å². The summed E-state index contributed by atoms with van der Waals surface area (Å²) in [6, 6.07) is 0.445. The van der Waals surface area contributed by atoms with Crippen LogP contribution in [-0.4, -0.2) is 16.8 Å². The van der Waals surface area contributed by atoms with E-state index in [4.69, 9.17) is 5.10 Å². The molecule has 1 aromatic heterocycles. The minimum Gasteiger partial charge on any atom is -0.313 e. The van der Waals surface area contributed by atoms with Crippen molar-refractivity contribution >= 4 is 0 Å². The van der Waals surface area contributed by atoms with Crippen molar-refractivity contribution in [3.8, 4) is 0 Å². The largest absolute Gasteiger partial charge is 0.313 e. The third-order valence-corrected chi connectivity index (χ3v) is 4.70. The molecule has 1 N–H and O–H groups in total. The molecule has 0 aliphatic heterocycles. The number of nitrogens with one attached hydrogen (secondary N) is 1. The molecule has 1 unspecified atom stereocenters. The van der Waals surface area contributed by atoms with Crippen molar-refractivity contribution < 1.29 is 0 Å². The molecular formula is C16H29N3. The van der Waals surface area contributed by atoms with Crippen LogP contribution in [0.25, 0.3) is 0 Å². The number of hydrogen-bond donors (Lipinski definition) is 1. The Bertz CT molecular complexity index is 398. The van der Waals surface area contributed by atoms with Gasteiger partial charge < -0.3 is 5.32 Å². The van der Waals surface area contributed by atoms with E-state index in [1.54, 1.807) is 0 Å². The quantitative estimate of drug-likeness (QED) is 0.877. The lowest BCUT2D eigenvalue weighted by molar-refractivity contribution is 0.305. The summed E-state index contributed by atoms with van der Waals surface area (Å²) in [4.78, 5) is 0. The average Bonchev–Trinajstić information content (AvgIpc) is 2.69. The van der Waals surface area contributed by atoms with E-state index in [-0.39, 0.29) is 0 Å². The van der Waals surface area contributed by atoms with Gasteiger partial charge in [0.2, 0.25) is 0 Å². The Morgan fingerprint density at radius 3 is 2.53 bits per heavy atom. The van der Waals surface area contributed by atoms with Crippen LogP contribution in [0.5, 0.6) is 0 Å². The smallest absolute Gasteiger partial charge is 0.0644 e. The molecule has 1 saturated carbocycles. The van der Waals surface area contributed by atoms with Gasteiger partial charge in [-0.2, -0.15) is 5.10 Å². The summed E-state index contributed by atoms with van der Waals surface area (Å²) in [5, 5.41) is 8.21. The van der Waals surface area contributed by atoms with Gasteiger partial charge in [-0.1, -0.05) is 26.2 Å². The molecule has 1 heterocycles. The van der Waals surface area contributed by atoms with Crippen molar-refractivity contribution in [3.05, 3.63) is 17.0 Å². The van der Waals surface area contributed by atoms with Crippen molar-refractivity contribution in [1.82, 2.24) is 15.1 Å². The fourth-order valence-corrected chi connectivity index (χ4v) is 3.56. The highest BCUT2D eigenvalue weighted by Gasteiger charge is 2.21. The van der Waals surface area contributed by atoms with Crippen LogP contribution in [-0.2, 0) is 6.54 Å². The van der Waals surface area contributed by atoms with Crippen molar-refractivity contribution in [3.63, 3.8) is 0 Å². The molecule has 0 radical (unpaired) electrons. The van der Waals surface area contributed by atoms with E-state index < -0.39 is 0 Å². The number of rotatable bonds is 5. The molecule has 1 atom stereocenters. The normalized spacial score (nSPS) is 18.7. The van der Waals surface area contributed by atoms with E-state index in [0.717, 1.165) is 18.9 Å². The Balaban J connectivity index is 2.15. The predicted octanol–water partition coefficient (Wildman–Crippen LogP) is 3.75. The molecule has 0 saturated heterocycles. The molecule has 0 amide bonds. The first kappa shape index (κ1) is 14.6. The van der Waals surface area contributed by atoms with E-state index in [2.05, 4.69) is 30.8 Å². The molecular weight excluding hydrogens is 234 g/mol. The first-order valence-electron chi connectivity index (χ1n) is 7.88. The maximum absolute atomic E-state index is 4.80. The summed E-state index contributed by atoms with van der Waals surface area (Å²) in [7, 11) is 2.05. The molecule has 2 rings (SSSR count). The highest BCUT2D eigenvalue weighted by atomic mass is 15.3. The van der Waals surface area contributed by atoms with E-state index in [1.807, 2.05) is 7.05 Å². The topological polar surface area (TPSA) is 29.9 Å². The van der Waals surface area contributed by atoms with Gasteiger partial charge in [0, 0.05) is 23.8 Å². The van der Waals surface area contributed by atoms with Gasteiger partial charge in [0.15, 0.2) is 0 Å². The number of aromatic nitrogens is 2. The maximum atomic E-state index is 4.80. The highest BCUT2D eigenvalue weighted by Crippen LogP contribution is 2.28. The van der Waals surface area contributed by atoms with Crippen LogP contribution < -0.4 is 5.32 Å². The fourth-order valence-electron chi connectivity index (χ4n) is 3.56. The maximum Gasteiger partial charge on any atom is 0.0644 e. The second-order valence-corrected chi connectivity index (χ2v) is 6.02. The first-order valence-corrected chi connectivity index (χ1v) is 7.88. The van der Waals surface area contributed by atoms with Crippen LogP contribution in [0.1, 0.15) is 68.4 Å². The van der Waals surface area contributed by atoms with Gasteiger partial charge in [-0.3, -0.25) is 4.68 Å². The lowest BCUT2D eigenvalue weighted by Gasteiger charge is -2.22. The summed E-state index contributed by atoms with van der Waals surface area (Å²) >= 11 is 0. The third-order valence-electron chi connectivity index (χ3n) is 4.70. The van der Waals surface area contributed by atoms with Gasteiger partial charge in [0.25, 0.3) is 0 Å². The fraction of sp³-hybridized carbons (Fsp3) is 0.812. The van der Waals surface area contributed by atoms with Gasteiger partial charge in [-0.15, -0.1) is 0 Å². The zero-order valence-corrected chi connectivity index (χ0v) is 13.0. The summed E-state index contributed by atoms with van der Waals surface area (Å²) in [5.74, 6) is 0.842. The molecule has 1 aliphatic carbocycles. The van der Waals surface area contributed by atoms with E-state index in [1.165, 1.54) is 49.1 Å². The van der Waals surface area contributed by atoms with Crippen LogP contribution in [0.2, 0.25) is 0 Å². The summed E-state index contributed by atoms with van der Waals surface area (Å²) in [6.45, 7) is 7.74. The standard InChI is InChI=1S/C16H29N3/c1-5-15(17-4)16-12(2)18-19(13(16)3)11-14-9-7-6-8-10-14/h14-15,17H,5-11H2,1-4H3. The van der Waals surface area contributed by atoms with Crippen LogP contribution in [0, 0.1) is 19.8 Å². The van der Waals surface area contributed by atoms with Gasteiger partial charge >= 0.3 is 0 Å². The zero-order chi connectivity index (χ0) is 13.8. The Kier molecular flexibility index (Phi) is 5.03. The lowest BCUT2D eigenvalue weighted by atomic mass is 9.89. The van der Waals surface area contributed by atoms with Crippen LogP contribution in [0.3, 0.4) is 0 Å². The van der Waals surface area contributed by atoms with Gasteiger partial charge in [-0.25, -0.2) is 0 Å². The second kappa shape index (κ2) is 6.56. The Labute approximate surface area is 117 Å². The number of aryl methyl sites for hydroxylation is 1. The van der Waals surface area contributed by atoms with E-state index in [0.29, 0.717) is 6.04 Å². The summed E-state index contributed by atoms with van der Waals surface area (Å²) in [5.41, 5.74) is 3.99. The van der Waals surface area contributed by atoms with Crippen molar-refractivity contribution in [2.45, 2.75) is 71.9 Å². The molecule has 3 nitrogen and oxygen atoms in total. The summed E-state index contributed by atoms with van der Waals surface area (Å²) < 4.78 is 2.26. The van der Waals surface area contributed by atoms with Crippen LogP contribution in [0.4, 0.5) is 0 Å². The highest BCUT2D eigenvalue weighted by molar-refractivity contribution is 5.28. The Hall–Kier alpha value is -0.830. The molecule has 0 spiro atoms. The molecule has 0 aromatic carbocycles. The van der Waals surface area contributed by atoms with E-state index in [9.17, 15) is 0 Å². The molecule has 3 heteroatoms. The minimum absolute atomic E-state index is 0.445. The second-order valence-electron chi connectivity index (χ2n) is 6.02. The molecule has 1 fully saturated rings. The number of hydrogen-bond acceptors (Lipinski definition) is 2. The lowest BCUT2D eigenvalue weighted by Crippen LogP contribution is -2.18. The SMILES string of the molecule is CCC(NC)c1c(C)nn(CC2CCCCC2)c1C. The average molecular weight is 263 g/mol. The molecule has 19 heavy (non-hydrogen) atoms. The molecule has 1 aliphatic rings. The molecule has 108 valence electrons. The van der Waals surface area contributed by atoms with Gasteiger partial charge in [0.05, 0.1) is 5.69 Å². The Morgan fingerprint density at radius 2 is 1.95 bits per heavy atom. The predicted molar refractivity (Wildman–Crippen MR) is 80.4 cm³/mol. The minimum atomic E-state index is 0.445. The molecule has 0 bridgehead atoms. The number of nitrogens with zero attached hydrogens (tertiary/aromatic N) is 2. The monoisotopic (exact) mass is 263 g/mol. The summed E-state index contributed by atoms with van der Waals surface area (Å²) in [6.07, 6.45) is 8.13. The molecule has 1 aromatic rings. The van der Waals surface area contributed by atoms with Crippen molar-refractivity contribution in [2.24, 2.45) is 5.92 Å². The van der Waals surface area contributed by atoms with Gasteiger partial charge in [0.1, 0.15) is 0 Å². The first-order chi connectivity index (χ1) is 9.17. The van der Waals surface area contributed by atoms with Crippen molar-refractivity contribution in [1.29, 1.82) is 0 Å². The third kappa shape index (κ3) is 3.19. The van der Waals surface area contributed by atoms with Crippen LogP contribution >= 0.6 is 0 Å².